The van der Waals surface area contributed by atoms with Gasteiger partial charge in [0.15, 0.2) is 0 Å². The van der Waals surface area contributed by atoms with E-state index in [0.29, 0.717) is 5.92 Å². The van der Waals surface area contributed by atoms with Crippen LogP contribution in [-0.2, 0) is 0 Å². The third-order valence-electron chi connectivity index (χ3n) is 1.15. The van der Waals surface area contributed by atoms with Crippen LogP contribution < -0.4 is 0 Å². The highest BCUT2D eigenvalue weighted by molar-refractivity contribution is 7.80. The predicted molar refractivity (Wildman–Crippen MR) is 55.6 cm³/mol. The summed E-state index contributed by atoms with van der Waals surface area (Å²) in [6.45, 7) is 2.16. The topological polar surface area (TPSA) is 0 Å². The molecule has 2 unspecified atom stereocenters. The van der Waals surface area contributed by atoms with Gasteiger partial charge in [0.05, 0.1) is 0 Å². The van der Waals surface area contributed by atoms with Crippen LogP contribution in [0.5, 0.6) is 0 Å². The number of thiol groups is 1. The maximum atomic E-state index is 4.10. The van der Waals surface area contributed by atoms with E-state index in [2.05, 4.69) is 47.0 Å². The number of rotatable bonds is 4. The second kappa shape index (κ2) is 7.37. The standard InChI is InChI=1S/C8H15PS/c1-8(5-6-9)4-2-3-7-10/h2,4-6,8,10H,3,7,9H2,1H3. The summed E-state index contributed by atoms with van der Waals surface area (Å²) in [5.41, 5.74) is 0. The molecule has 2 heteroatoms. The molecule has 2 atom stereocenters. The number of hydrogen-bond acceptors (Lipinski definition) is 1. The van der Waals surface area contributed by atoms with Gasteiger partial charge in [0.2, 0.25) is 0 Å². The molecule has 0 amide bonds. The maximum absolute atomic E-state index is 4.10. The second-order valence-corrected chi connectivity index (χ2v) is 3.02. The van der Waals surface area contributed by atoms with E-state index >= 15 is 0 Å². The summed E-state index contributed by atoms with van der Waals surface area (Å²) >= 11 is 4.10. The molecule has 58 valence electrons. The van der Waals surface area contributed by atoms with Gasteiger partial charge in [0, 0.05) is 0 Å². The van der Waals surface area contributed by atoms with Crippen molar-refractivity contribution >= 4 is 21.9 Å². The van der Waals surface area contributed by atoms with Crippen LogP contribution in [0.15, 0.2) is 24.0 Å². The lowest BCUT2D eigenvalue weighted by molar-refractivity contribution is 0.933. The molecule has 0 aromatic rings. The monoisotopic (exact) mass is 174 g/mol. The minimum Gasteiger partial charge on any atom is -0.179 e. The Bertz CT molecular complexity index is 118. The van der Waals surface area contributed by atoms with Crippen molar-refractivity contribution in [3.8, 4) is 0 Å². The Morgan fingerprint density at radius 2 is 2.20 bits per heavy atom. The number of allylic oxidation sites excluding steroid dienone is 3. The first-order chi connectivity index (χ1) is 4.81. The van der Waals surface area contributed by atoms with Crippen LogP contribution in [0.25, 0.3) is 0 Å². The fourth-order valence-corrected chi connectivity index (χ4v) is 1.12. The zero-order chi connectivity index (χ0) is 7.82. The van der Waals surface area contributed by atoms with Gasteiger partial charge >= 0.3 is 0 Å². The van der Waals surface area contributed by atoms with Crippen molar-refractivity contribution in [1.82, 2.24) is 0 Å². The lowest BCUT2D eigenvalue weighted by Gasteiger charge is -1.94. The third-order valence-corrected chi connectivity index (χ3v) is 1.63. The molecule has 0 aromatic heterocycles. The van der Waals surface area contributed by atoms with Gasteiger partial charge in [-0.2, -0.15) is 12.6 Å². The van der Waals surface area contributed by atoms with Crippen LogP contribution in [0, 0.1) is 5.92 Å². The van der Waals surface area contributed by atoms with Crippen LogP contribution >= 0.6 is 21.9 Å². The largest absolute Gasteiger partial charge is 0.179 e. The van der Waals surface area contributed by atoms with Gasteiger partial charge in [0.1, 0.15) is 0 Å². The zero-order valence-electron chi connectivity index (χ0n) is 6.33. The predicted octanol–water partition coefficient (Wildman–Crippen LogP) is 2.89. The van der Waals surface area contributed by atoms with Gasteiger partial charge in [-0.3, -0.25) is 0 Å². The van der Waals surface area contributed by atoms with Crippen molar-refractivity contribution in [3.63, 3.8) is 0 Å². The summed E-state index contributed by atoms with van der Waals surface area (Å²) < 4.78 is 0. The van der Waals surface area contributed by atoms with Crippen molar-refractivity contribution < 1.29 is 0 Å². The SMILES string of the molecule is CC(C=CP)C=CCCS. The molecule has 0 fully saturated rings. The second-order valence-electron chi connectivity index (χ2n) is 2.18. The van der Waals surface area contributed by atoms with Crippen LogP contribution in [0.2, 0.25) is 0 Å². The third kappa shape index (κ3) is 6.38. The van der Waals surface area contributed by atoms with Crippen molar-refractivity contribution in [2.75, 3.05) is 5.75 Å². The van der Waals surface area contributed by atoms with Gasteiger partial charge < -0.3 is 0 Å². The molecule has 0 N–H and O–H groups in total. The molecule has 0 radical (unpaired) electrons. The fraction of sp³-hybridized carbons (Fsp3) is 0.500. The molecule has 0 aliphatic carbocycles. The normalized spacial score (nSPS) is 15.1. The molecule has 0 bridgehead atoms. The van der Waals surface area contributed by atoms with Gasteiger partial charge in [-0.1, -0.05) is 31.0 Å². The summed E-state index contributed by atoms with van der Waals surface area (Å²) in [6.07, 6.45) is 7.57. The van der Waals surface area contributed by atoms with E-state index in [9.17, 15) is 0 Å². The average Bonchev–Trinajstić information content (AvgIpc) is 1.89. The Kier molecular flexibility index (Phi) is 7.56. The smallest absolute Gasteiger partial charge is 0.00633 e. The Morgan fingerprint density at radius 3 is 2.70 bits per heavy atom. The van der Waals surface area contributed by atoms with E-state index in [-0.39, 0.29) is 0 Å². The van der Waals surface area contributed by atoms with Crippen molar-refractivity contribution in [3.05, 3.63) is 24.0 Å². The summed E-state index contributed by atoms with van der Waals surface area (Å²) in [4.78, 5) is 0. The van der Waals surface area contributed by atoms with Gasteiger partial charge in [-0.05, 0) is 18.1 Å². The van der Waals surface area contributed by atoms with E-state index in [0.717, 1.165) is 12.2 Å². The highest BCUT2D eigenvalue weighted by atomic mass is 32.1. The molecule has 0 aliphatic heterocycles. The van der Waals surface area contributed by atoms with E-state index in [4.69, 9.17) is 0 Å². The quantitative estimate of drug-likeness (QED) is 0.378. The Labute approximate surface area is 71.4 Å². The molecule has 0 nitrogen and oxygen atoms in total. The minimum absolute atomic E-state index is 0.553. The first kappa shape index (κ1) is 10.3. The Morgan fingerprint density at radius 1 is 1.50 bits per heavy atom. The number of hydrogen-bond donors (Lipinski definition) is 1. The van der Waals surface area contributed by atoms with Crippen LogP contribution in [0.1, 0.15) is 13.3 Å². The van der Waals surface area contributed by atoms with Gasteiger partial charge in [0.25, 0.3) is 0 Å². The first-order valence-electron chi connectivity index (χ1n) is 3.47. The Hall–Kier alpha value is 0.260. The van der Waals surface area contributed by atoms with Crippen molar-refractivity contribution in [2.24, 2.45) is 5.92 Å². The molecule has 0 saturated heterocycles. The maximum Gasteiger partial charge on any atom is -0.00633 e. The van der Waals surface area contributed by atoms with Crippen molar-refractivity contribution in [2.45, 2.75) is 13.3 Å². The molecule has 0 rings (SSSR count). The summed E-state index contributed by atoms with van der Waals surface area (Å²) in [5.74, 6) is 3.49. The van der Waals surface area contributed by atoms with E-state index in [1.54, 1.807) is 0 Å². The van der Waals surface area contributed by atoms with Crippen molar-refractivity contribution in [1.29, 1.82) is 0 Å². The highest BCUT2D eigenvalue weighted by Gasteiger charge is 1.85. The molecule has 0 saturated carbocycles. The van der Waals surface area contributed by atoms with E-state index in [1.165, 1.54) is 0 Å². The van der Waals surface area contributed by atoms with Crippen LogP contribution in [-0.4, -0.2) is 5.75 Å². The lowest BCUT2D eigenvalue weighted by atomic mass is 10.1. The molecule has 0 heterocycles. The Balaban J connectivity index is 3.45. The van der Waals surface area contributed by atoms with E-state index < -0.39 is 0 Å². The van der Waals surface area contributed by atoms with E-state index in [1.807, 2.05) is 5.82 Å². The first-order valence-corrected chi connectivity index (χ1v) is 4.77. The molecule has 0 aromatic carbocycles. The lowest BCUT2D eigenvalue weighted by Crippen LogP contribution is -1.80. The molecule has 0 spiro atoms. The average molecular weight is 174 g/mol. The minimum atomic E-state index is 0.553. The van der Waals surface area contributed by atoms with Gasteiger partial charge in [-0.15, -0.1) is 9.24 Å². The summed E-state index contributed by atoms with van der Waals surface area (Å²) in [5, 5.41) is 0. The summed E-state index contributed by atoms with van der Waals surface area (Å²) in [7, 11) is 2.57. The van der Waals surface area contributed by atoms with Crippen LogP contribution in [0.3, 0.4) is 0 Å². The highest BCUT2D eigenvalue weighted by Crippen LogP contribution is 2.02. The molecule has 0 aliphatic rings. The molecular weight excluding hydrogens is 159 g/mol. The zero-order valence-corrected chi connectivity index (χ0v) is 8.37. The van der Waals surface area contributed by atoms with Gasteiger partial charge in [-0.25, -0.2) is 0 Å². The molecule has 10 heavy (non-hydrogen) atoms. The fourth-order valence-electron chi connectivity index (χ4n) is 0.625. The summed E-state index contributed by atoms with van der Waals surface area (Å²) in [6, 6.07) is 0. The molecular formula is C8H15PS. The van der Waals surface area contributed by atoms with Crippen LogP contribution in [0.4, 0.5) is 0 Å².